The minimum Gasteiger partial charge on any atom is -0.478 e. The minimum absolute atomic E-state index is 0.0874. The van der Waals surface area contributed by atoms with E-state index in [0.29, 0.717) is 12.1 Å². The summed E-state index contributed by atoms with van der Waals surface area (Å²) in [6.45, 7) is 4.41. The van der Waals surface area contributed by atoms with Crippen LogP contribution in [0, 0.1) is 0 Å². The zero-order valence-electron chi connectivity index (χ0n) is 11.9. The van der Waals surface area contributed by atoms with Crippen molar-refractivity contribution in [2.24, 2.45) is 0 Å². The Balaban J connectivity index is 2.31. The molecule has 0 saturated carbocycles. The summed E-state index contributed by atoms with van der Waals surface area (Å²) in [6, 6.07) is 8.19. The zero-order chi connectivity index (χ0) is 15.6. The number of aromatic nitrogens is 1. The van der Waals surface area contributed by atoms with E-state index in [0.717, 1.165) is 11.3 Å². The maximum Gasteiger partial charge on any atom is 0.337 e. The number of benzene rings is 1. The van der Waals surface area contributed by atoms with Gasteiger partial charge in [0, 0.05) is 18.4 Å². The van der Waals surface area contributed by atoms with Crippen molar-refractivity contribution in [3.63, 3.8) is 0 Å². The van der Waals surface area contributed by atoms with Gasteiger partial charge in [0.1, 0.15) is 0 Å². The summed E-state index contributed by atoms with van der Waals surface area (Å²) in [6.07, 6.45) is 1.75. The number of aromatic carboxylic acids is 2. The maximum absolute atomic E-state index is 11.2. The highest BCUT2D eigenvalue weighted by atomic mass is 16.4. The van der Waals surface area contributed by atoms with Gasteiger partial charge in [0.2, 0.25) is 0 Å². The lowest BCUT2D eigenvalue weighted by Gasteiger charge is -2.13. The van der Waals surface area contributed by atoms with Crippen molar-refractivity contribution in [3.8, 4) is 0 Å². The van der Waals surface area contributed by atoms with Crippen molar-refractivity contribution in [1.29, 1.82) is 0 Å². The Kier molecular flexibility index (Phi) is 4.12. The number of nitrogens with zero attached hydrogens (tertiary/aromatic N) is 1. The number of rotatable bonds is 5. The second-order valence-corrected chi connectivity index (χ2v) is 5.20. The summed E-state index contributed by atoms with van der Waals surface area (Å²) in [7, 11) is 0. The van der Waals surface area contributed by atoms with Crippen LogP contribution in [0.5, 0.6) is 0 Å². The Morgan fingerprint density at radius 2 is 1.67 bits per heavy atom. The van der Waals surface area contributed by atoms with E-state index in [1.165, 1.54) is 0 Å². The van der Waals surface area contributed by atoms with Gasteiger partial charge in [0.25, 0.3) is 0 Å². The van der Waals surface area contributed by atoms with E-state index in [4.69, 9.17) is 5.11 Å². The molecule has 0 saturated heterocycles. The van der Waals surface area contributed by atoms with Crippen LogP contribution in [0.2, 0.25) is 0 Å². The molecule has 0 unspecified atom stereocenters. The Labute approximate surface area is 122 Å². The lowest BCUT2D eigenvalue weighted by Crippen LogP contribution is -2.09. The third-order valence-electron chi connectivity index (χ3n) is 3.34. The van der Waals surface area contributed by atoms with E-state index in [-0.39, 0.29) is 11.5 Å². The van der Waals surface area contributed by atoms with Gasteiger partial charge in [-0.2, -0.15) is 0 Å². The van der Waals surface area contributed by atoms with Crippen molar-refractivity contribution in [2.75, 3.05) is 0 Å². The predicted octanol–water partition coefficient (Wildman–Crippen LogP) is 3.06. The molecule has 0 amide bonds. The molecule has 0 aliphatic heterocycles. The molecule has 2 rings (SSSR count). The van der Waals surface area contributed by atoms with Gasteiger partial charge in [-0.3, -0.25) is 0 Å². The van der Waals surface area contributed by atoms with Gasteiger partial charge in [-0.15, -0.1) is 0 Å². The molecule has 2 N–H and O–H groups in total. The normalized spacial score (nSPS) is 10.8. The van der Waals surface area contributed by atoms with Crippen molar-refractivity contribution < 1.29 is 19.8 Å². The Bertz CT molecular complexity index is 668. The van der Waals surface area contributed by atoms with Crippen molar-refractivity contribution in [2.45, 2.75) is 26.3 Å². The molecule has 0 atom stereocenters. The molecular formula is C16H17NO4. The fraction of sp³-hybridized carbons (Fsp3) is 0.250. The first-order valence-electron chi connectivity index (χ1n) is 6.64. The second-order valence-electron chi connectivity index (χ2n) is 5.20. The Morgan fingerprint density at radius 3 is 2.14 bits per heavy atom. The monoisotopic (exact) mass is 287 g/mol. The predicted molar refractivity (Wildman–Crippen MR) is 78.0 cm³/mol. The van der Waals surface area contributed by atoms with Gasteiger partial charge < -0.3 is 14.8 Å². The van der Waals surface area contributed by atoms with Gasteiger partial charge in [-0.1, -0.05) is 26.0 Å². The van der Waals surface area contributed by atoms with Crippen LogP contribution in [-0.2, 0) is 6.54 Å². The van der Waals surface area contributed by atoms with Crippen molar-refractivity contribution in [1.82, 2.24) is 4.57 Å². The van der Waals surface area contributed by atoms with Gasteiger partial charge >= 0.3 is 11.9 Å². The van der Waals surface area contributed by atoms with E-state index < -0.39 is 11.9 Å². The van der Waals surface area contributed by atoms with Crippen LogP contribution >= 0.6 is 0 Å². The largest absolute Gasteiger partial charge is 0.478 e. The first-order valence-corrected chi connectivity index (χ1v) is 6.64. The number of carboxylic acid groups (broad SMARTS) is 2. The van der Waals surface area contributed by atoms with Gasteiger partial charge in [0.15, 0.2) is 0 Å². The molecule has 0 bridgehead atoms. The summed E-state index contributed by atoms with van der Waals surface area (Å²) in [5.74, 6) is -1.80. The quantitative estimate of drug-likeness (QED) is 0.885. The molecule has 1 heterocycles. The van der Waals surface area contributed by atoms with Crippen LogP contribution < -0.4 is 0 Å². The Morgan fingerprint density at radius 1 is 1.05 bits per heavy atom. The summed E-state index contributed by atoms with van der Waals surface area (Å²) >= 11 is 0. The smallest absolute Gasteiger partial charge is 0.337 e. The van der Waals surface area contributed by atoms with E-state index >= 15 is 0 Å². The summed E-state index contributed by atoms with van der Waals surface area (Å²) < 4.78 is 1.89. The molecule has 1 aromatic carbocycles. The number of carbonyl (C=O) groups is 2. The molecule has 2 aromatic rings. The number of carboxylic acids is 2. The summed E-state index contributed by atoms with van der Waals surface area (Å²) in [4.78, 5) is 22.1. The highest BCUT2D eigenvalue weighted by molar-refractivity contribution is 5.89. The standard InChI is InChI=1S/C16H17NO4/c1-10(2)14-13(16(20)21)7-8-17(14)9-11-3-5-12(6-4-11)15(18)19/h3-8,10H,9H2,1-2H3,(H,18,19)(H,20,21). The zero-order valence-corrected chi connectivity index (χ0v) is 11.9. The van der Waals surface area contributed by atoms with Crippen LogP contribution in [0.3, 0.4) is 0 Å². The molecule has 0 radical (unpaired) electrons. The average Bonchev–Trinajstić information content (AvgIpc) is 2.83. The molecule has 1 aromatic heterocycles. The second kappa shape index (κ2) is 5.83. The van der Waals surface area contributed by atoms with Gasteiger partial charge in [0.05, 0.1) is 11.1 Å². The molecule has 0 aliphatic rings. The SMILES string of the molecule is CC(C)c1c(C(=O)O)ccn1Cc1ccc(C(=O)O)cc1. The highest BCUT2D eigenvalue weighted by Crippen LogP contribution is 2.22. The minimum atomic E-state index is -0.960. The van der Waals surface area contributed by atoms with Crippen LogP contribution in [0.15, 0.2) is 36.5 Å². The summed E-state index contributed by atoms with van der Waals surface area (Å²) in [5, 5.41) is 18.1. The molecular weight excluding hydrogens is 270 g/mol. The van der Waals surface area contributed by atoms with Gasteiger partial charge in [-0.25, -0.2) is 9.59 Å². The van der Waals surface area contributed by atoms with Crippen LogP contribution in [0.25, 0.3) is 0 Å². The van der Waals surface area contributed by atoms with Crippen LogP contribution in [0.1, 0.15) is 51.7 Å². The molecule has 0 fully saturated rings. The summed E-state index contributed by atoms with van der Waals surface area (Å²) in [5.41, 5.74) is 2.24. The lowest BCUT2D eigenvalue weighted by atomic mass is 10.1. The molecule has 0 aliphatic carbocycles. The van der Waals surface area contributed by atoms with Crippen molar-refractivity contribution in [3.05, 3.63) is 58.9 Å². The van der Waals surface area contributed by atoms with E-state index in [1.54, 1.807) is 36.5 Å². The van der Waals surface area contributed by atoms with Gasteiger partial charge in [-0.05, 0) is 29.7 Å². The fourth-order valence-electron chi connectivity index (χ4n) is 2.40. The molecule has 5 heteroatoms. The van der Waals surface area contributed by atoms with E-state index in [9.17, 15) is 14.7 Å². The number of hydrogen-bond donors (Lipinski definition) is 2. The van der Waals surface area contributed by atoms with Crippen molar-refractivity contribution >= 4 is 11.9 Å². The fourth-order valence-corrected chi connectivity index (χ4v) is 2.40. The molecule has 110 valence electrons. The average molecular weight is 287 g/mol. The molecule has 21 heavy (non-hydrogen) atoms. The van der Waals surface area contributed by atoms with Crippen LogP contribution in [-0.4, -0.2) is 26.7 Å². The highest BCUT2D eigenvalue weighted by Gasteiger charge is 2.17. The third kappa shape index (κ3) is 3.13. The molecule has 5 nitrogen and oxygen atoms in total. The third-order valence-corrected chi connectivity index (χ3v) is 3.34. The first kappa shape index (κ1) is 14.8. The van der Waals surface area contributed by atoms with E-state index in [1.807, 2.05) is 18.4 Å². The maximum atomic E-state index is 11.2. The Hall–Kier alpha value is -2.56. The lowest BCUT2D eigenvalue weighted by molar-refractivity contribution is 0.0685. The topological polar surface area (TPSA) is 79.5 Å². The number of hydrogen-bond acceptors (Lipinski definition) is 2. The molecule has 0 spiro atoms. The van der Waals surface area contributed by atoms with Crippen LogP contribution in [0.4, 0.5) is 0 Å². The first-order chi connectivity index (χ1) is 9.90. The van der Waals surface area contributed by atoms with E-state index in [2.05, 4.69) is 0 Å².